The summed E-state index contributed by atoms with van der Waals surface area (Å²) in [6.45, 7) is 1.85. The van der Waals surface area contributed by atoms with Gasteiger partial charge in [-0.15, -0.1) is 0 Å². The minimum Gasteiger partial charge on any atom is -0.323 e. The number of aromatic nitrogens is 2. The van der Waals surface area contributed by atoms with Gasteiger partial charge in [-0.25, -0.2) is 18.2 Å². The van der Waals surface area contributed by atoms with E-state index in [2.05, 4.69) is 10.3 Å². The smallest absolute Gasteiger partial charge is 0.266 e. The molecule has 9 heteroatoms. The number of benzene rings is 3. The van der Waals surface area contributed by atoms with E-state index >= 15 is 0 Å². The number of anilines is 1. The Labute approximate surface area is 184 Å². The molecule has 0 bridgehead atoms. The molecule has 0 spiro atoms. The number of amides is 1. The van der Waals surface area contributed by atoms with E-state index in [4.69, 9.17) is 0 Å². The maximum absolute atomic E-state index is 13.8. The van der Waals surface area contributed by atoms with E-state index in [1.54, 1.807) is 36.4 Å². The van der Waals surface area contributed by atoms with Crippen molar-refractivity contribution in [3.05, 3.63) is 94.0 Å². The second-order valence-corrected chi connectivity index (χ2v) is 7.84. The monoisotopic (exact) mass is 455 g/mol. The van der Waals surface area contributed by atoms with Crippen molar-refractivity contribution in [2.24, 2.45) is 0 Å². The van der Waals surface area contributed by atoms with Crippen LogP contribution in [0.5, 0.6) is 0 Å². The molecule has 32 heavy (non-hydrogen) atoms. The van der Waals surface area contributed by atoms with Crippen LogP contribution in [0.3, 0.4) is 0 Å². The molecule has 1 N–H and O–H groups in total. The predicted molar refractivity (Wildman–Crippen MR) is 118 cm³/mol. The van der Waals surface area contributed by atoms with Gasteiger partial charge in [-0.05, 0) is 42.8 Å². The Bertz CT molecular complexity index is 1410. The topological polar surface area (TPSA) is 64.0 Å². The number of carbonyl (C=O) groups is 1. The van der Waals surface area contributed by atoms with Gasteiger partial charge >= 0.3 is 0 Å². The summed E-state index contributed by atoms with van der Waals surface area (Å²) < 4.78 is 41.8. The van der Waals surface area contributed by atoms with E-state index < -0.39 is 29.0 Å². The van der Waals surface area contributed by atoms with E-state index in [9.17, 15) is 22.8 Å². The van der Waals surface area contributed by atoms with Gasteiger partial charge in [0.25, 0.3) is 5.56 Å². The molecule has 162 valence electrons. The maximum Gasteiger partial charge on any atom is 0.266 e. The van der Waals surface area contributed by atoms with Gasteiger partial charge in [-0.3, -0.25) is 14.2 Å². The van der Waals surface area contributed by atoms with Crippen molar-refractivity contribution >= 4 is 34.3 Å². The van der Waals surface area contributed by atoms with Crippen molar-refractivity contribution in [2.75, 3.05) is 11.1 Å². The summed E-state index contributed by atoms with van der Waals surface area (Å²) in [7, 11) is 0. The quantitative estimate of drug-likeness (QED) is 0.266. The number of hydrogen-bond acceptors (Lipinski definition) is 4. The molecule has 0 saturated carbocycles. The zero-order valence-electron chi connectivity index (χ0n) is 16.7. The molecule has 0 aliphatic rings. The van der Waals surface area contributed by atoms with Crippen LogP contribution in [-0.4, -0.2) is 21.2 Å². The fourth-order valence-corrected chi connectivity index (χ4v) is 3.98. The second kappa shape index (κ2) is 8.88. The van der Waals surface area contributed by atoms with Crippen molar-refractivity contribution in [2.45, 2.75) is 12.1 Å². The van der Waals surface area contributed by atoms with Crippen LogP contribution >= 0.6 is 11.8 Å². The van der Waals surface area contributed by atoms with Gasteiger partial charge in [0.1, 0.15) is 0 Å². The van der Waals surface area contributed by atoms with E-state index in [-0.39, 0.29) is 16.5 Å². The normalized spacial score (nSPS) is 11.0. The third kappa shape index (κ3) is 4.11. The molecule has 3 aromatic carbocycles. The largest absolute Gasteiger partial charge is 0.323 e. The van der Waals surface area contributed by atoms with E-state index in [1.165, 1.54) is 4.57 Å². The summed E-state index contributed by atoms with van der Waals surface area (Å²) in [5.74, 6) is -5.41. The molecule has 1 aromatic heterocycles. The molecule has 0 fully saturated rings. The molecule has 1 amide bonds. The first-order valence-corrected chi connectivity index (χ1v) is 10.5. The summed E-state index contributed by atoms with van der Waals surface area (Å²) >= 11 is 0.970. The van der Waals surface area contributed by atoms with E-state index in [0.717, 1.165) is 29.5 Å². The Morgan fingerprint density at radius 2 is 1.72 bits per heavy atom. The highest BCUT2D eigenvalue weighted by atomic mass is 32.2. The van der Waals surface area contributed by atoms with Crippen molar-refractivity contribution in [1.82, 2.24) is 9.55 Å². The molecular weight excluding hydrogens is 439 g/mol. The van der Waals surface area contributed by atoms with Crippen LogP contribution in [0.2, 0.25) is 0 Å². The van der Waals surface area contributed by atoms with Gasteiger partial charge in [0.2, 0.25) is 5.91 Å². The predicted octanol–water partition coefficient (Wildman–Crippen LogP) is 4.84. The van der Waals surface area contributed by atoms with Gasteiger partial charge in [0.05, 0.1) is 28.0 Å². The van der Waals surface area contributed by atoms with Crippen LogP contribution < -0.4 is 10.9 Å². The Kier molecular flexibility index (Phi) is 6.00. The number of nitrogens with zero attached hydrogens (tertiary/aromatic N) is 2. The van der Waals surface area contributed by atoms with Crippen molar-refractivity contribution < 1.29 is 18.0 Å². The molecule has 0 aliphatic heterocycles. The van der Waals surface area contributed by atoms with Crippen LogP contribution in [0.25, 0.3) is 16.6 Å². The van der Waals surface area contributed by atoms with Crippen LogP contribution in [0.1, 0.15) is 5.56 Å². The zero-order valence-corrected chi connectivity index (χ0v) is 17.6. The Balaban J connectivity index is 1.68. The lowest BCUT2D eigenvalue weighted by Gasteiger charge is -2.15. The summed E-state index contributed by atoms with van der Waals surface area (Å²) in [6, 6.07) is 15.8. The van der Waals surface area contributed by atoms with Gasteiger partial charge in [-0.1, -0.05) is 42.1 Å². The number of para-hydroxylation sites is 2. The van der Waals surface area contributed by atoms with E-state index in [1.807, 2.05) is 19.1 Å². The zero-order chi connectivity index (χ0) is 22.8. The first-order chi connectivity index (χ1) is 15.4. The summed E-state index contributed by atoms with van der Waals surface area (Å²) in [4.78, 5) is 30.1. The summed E-state index contributed by atoms with van der Waals surface area (Å²) in [5.41, 5.74) is 1.15. The number of nitrogens with one attached hydrogen (secondary N) is 1. The molecule has 0 saturated heterocycles. The lowest BCUT2D eigenvalue weighted by atomic mass is 10.2. The molecule has 5 nitrogen and oxygen atoms in total. The first-order valence-electron chi connectivity index (χ1n) is 9.50. The molecule has 0 atom stereocenters. The average Bonchev–Trinajstić information content (AvgIpc) is 2.79. The van der Waals surface area contributed by atoms with Crippen LogP contribution in [0.15, 0.2) is 70.6 Å². The standard InChI is InChI=1S/C23H16F3N3O2S/c1-13-6-2-5-9-18(13)29-22(31)14-7-3-4-8-16(14)28-23(29)32-12-19(30)27-17-11-10-15(24)20(25)21(17)26/h2-11H,12H2,1H3,(H,27,30). The number of hydrogen-bond donors (Lipinski definition) is 1. The Morgan fingerprint density at radius 3 is 2.50 bits per heavy atom. The van der Waals surface area contributed by atoms with Gasteiger partial charge in [0.15, 0.2) is 22.6 Å². The number of thioether (sulfide) groups is 1. The molecule has 4 aromatic rings. The Hall–Kier alpha value is -3.59. The minimum absolute atomic E-state index is 0.241. The number of halogens is 3. The Morgan fingerprint density at radius 1 is 1.00 bits per heavy atom. The van der Waals surface area contributed by atoms with Crippen LogP contribution in [0.4, 0.5) is 18.9 Å². The molecule has 0 unspecified atom stereocenters. The number of fused-ring (bicyclic) bond motifs is 1. The molecule has 0 aliphatic carbocycles. The third-order valence-electron chi connectivity index (χ3n) is 4.74. The van der Waals surface area contributed by atoms with Gasteiger partial charge < -0.3 is 5.32 Å². The lowest BCUT2D eigenvalue weighted by molar-refractivity contribution is -0.113. The van der Waals surface area contributed by atoms with E-state index in [0.29, 0.717) is 16.6 Å². The number of aryl methyl sites for hydroxylation is 1. The highest BCUT2D eigenvalue weighted by molar-refractivity contribution is 7.99. The lowest BCUT2D eigenvalue weighted by Crippen LogP contribution is -2.23. The summed E-state index contributed by atoms with van der Waals surface area (Å²) in [6.07, 6.45) is 0. The van der Waals surface area contributed by atoms with Gasteiger partial charge in [-0.2, -0.15) is 0 Å². The summed E-state index contributed by atoms with van der Waals surface area (Å²) in [5, 5.41) is 2.91. The van der Waals surface area contributed by atoms with Gasteiger partial charge in [0, 0.05) is 0 Å². The van der Waals surface area contributed by atoms with Crippen molar-refractivity contribution in [3.8, 4) is 5.69 Å². The van der Waals surface area contributed by atoms with Crippen LogP contribution in [0, 0.1) is 24.4 Å². The SMILES string of the molecule is Cc1ccccc1-n1c(SCC(=O)Nc2ccc(F)c(F)c2F)nc2ccccc2c1=O. The van der Waals surface area contributed by atoms with Crippen molar-refractivity contribution in [3.63, 3.8) is 0 Å². The number of carbonyl (C=O) groups excluding carboxylic acids is 1. The third-order valence-corrected chi connectivity index (χ3v) is 5.68. The minimum atomic E-state index is -1.67. The fraction of sp³-hybridized carbons (Fsp3) is 0.0870. The molecule has 4 rings (SSSR count). The van der Waals surface area contributed by atoms with Crippen molar-refractivity contribution in [1.29, 1.82) is 0 Å². The molecular formula is C23H16F3N3O2S. The average molecular weight is 455 g/mol. The molecule has 1 heterocycles. The highest BCUT2D eigenvalue weighted by Gasteiger charge is 2.18. The molecule has 0 radical (unpaired) electrons. The van der Waals surface area contributed by atoms with Crippen LogP contribution in [-0.2, 0) is 4.79 Å². The first kappa shape index (κ1) is 21.6. The number of rotatable bonds is 5. The maximum atomic E-state index is 13.8. The fourth-order valence-electron chi connectivity index (χ4n) is 3.17. The second-order valence-electron chi connectivity index (χ2n) is 6.90. The highest BCUT2D eigenvalue weighted by Crippen LogP contribution is 2.24.